The first kappa shape index (κ1) is 26.4. The summed E-state index contributed by atoms with van der Waals surface area (Å²) in [5, 5.41) is 6.54. The van der Waals surface area contributed by atoms with Gasteiger partial charge in [0, 0.05) is 23.3 Å². The molecule has 6 nitrogen and oxygen atoms in total. The second-order valence-electron chi connectivity index (χ2n) is 9.35. The number of nitrogens with zero attached hydrogens (tertiary/aromatic N) is 3. The summed E-state index contributed by atoms with van der Waals surface area (Å²) >= 11 is 5.68. The Kier molecular flexibility index (Phi) is 7.14. The first-order valence-corrected chi connectivity index (χ1v) is 12.7. The van der Waals surface area contributed by atoms with Gasteiger partial charge in [0.25, 0.3) is 0 Å². The summed E-state index contributed by atoms with van der Waals surface area (Å²) in [5.74, 6) is -0.270. The van der Waals surface area contributed by atoms with Crippen molar-refractivity contribution in [3.63, 3.8) is 0 Å². The number of aryl methyl sites for hydroxylation is 1. The lowest BCUT2D eigenvalue weighted by Crippen LogP contribution is -2.37. The molecule has 0 bridgehead atoms. The van der Waals surface area contributed by atoms with E-state index in [9.17, 15) is 18.0 Å². The van der Waals surface area contributed by atoms with Gasteiger partial charge in [-0.2, -0.15) is 13.2 Å². The molecule has 4 aromatic rings. The van der Waals surface area contributed by atoms with E-state index in [1.54, 1.807) is 53.8 Å². The molecule has 1 aliphatic heterocycles. The Labute approximate surface area is 229 Å². The molecule has 0 aliphatic carbocycles. The molecule has 10 heteroatoms. The summed E-state index contributed by atoms with van der Waals surface area (Å²) < 4.78 is 43.4. The Hall–Kier alpha value is -4.18. The van der Waals surface area contributed by atoms with Crippen molar-refractivity contribution in [3.05, 3.63) is 113 Å². The van der Waals surface area contributed by atoms with Gasteiger partial charge in [0.2, 0.25) is 5.91 Å². The molecule has 1 saturated heterocycles. The third-order valence-corrected chi connectivity index (χ3v) is 7.16. The Bertz CT molecular complexity index is 1500. The molecule has 39 heavy (non-hydrogen) atoms. The smallest absolute Gasteiger partial charge is 0.352 e. The van der Waals surface area contributed by atoms with Crippen molar-refractivity contribution in [3.8, 4) is 5.69 Å². The van der Waals surface area contributed by atoms with Crippen molar-refractivity contribution >= 4 is 28.9 Å². The fourth-order valence-corrected chi connectivity index (χ4v) is 5.46. The highest BCUT2D eigenvalue weighted by Gasteiger charge is 2.42. The highest BCUT2D eigenvalue weighted by molar-refractivity contribution is 7.80. The third kappa shape index (κ3) is 5.24. The van der Waals surface area contributed by atoms with E-state index in [-0.39, 0.29) is 18.1 Å². The number of alkyl halides is 3. The minimum atomic E-state index is -4.52. The molecule has 0 unspecified atom stereocenters. The number of nitrogens with one attached hydrogen (secondary N) is 2. The van der Waals surface area contributed by atoms with E-state index in [2.05, 4.69) is 15.6 Å². The van der Waals surface area contributed by atoms with E-state index >= 15 is 0 Å². The molecular formula is C29H26F3N5OS. The molecule has 3 heterocycles. The quantitative estimate of drug-likeness (QED) is 0.284. The van der Waals surface area contributed by atoms with Crippen LogP contribution in [0.15, 0.2) is 85.1 Å². The maximum Gasteiger partial charge on any atom is 0.418 e. The van der Waals surface area contributed by atoms with Crippen LogP contribution in [0, 0.1) is 13.8 Å². The topological polar surface area (TPSA) is 62.2 Å². The fourth-order valence-electron chi connectivity index (χ4n) is 5.16. The maximum absolute atomic E-state index is 13.9. The van der Waals surface area contributed by atoms with Crippen LogP contribution in [0.5, 0.6) is 0 Å². The van der Waals surface area contributed by atoms with Crippen LogP contribution in [-0.4, -0.2) is 32.0 Å². The van der Waals surface area contributed by atoms with Crippen molar-refractivity contribution in [2.75, 3.05) is 11.9 Å². The van der Waals surface area contributed by atoms with Gasteiger partial charge in [-0.05, 0) is 74.1 Å². The standard InChI is InChI=1S/C29H26F3N5OS/c1-18-16-21(19(2)37(18)24-14-7-6-12-22(24)29(30,31)32)27-26(23-13-8-9-15-33-23)35-28(39)36(27)17-25(38)34-20-10-4-3-5-11-20/h3-16,26-27H,17H2,1-2H3,(H,34,38)(H,35,39)/t26-,27-/m1/s1. The van der Waals surface area contributed by atoms with Crippen molar-refractivity contribution in [2.45, 2.75) is 32.1 Å². The number of anilines is 1. The van der Waals surface area contributed by atoms with Crippen molar-refractivity contribution in [1.82, 2.24) is 19.8 Å². The average molecular weight is 550 g/mol. The van der Waals surface area contributed by atoms with Gasteiger partial charge in [0.05, 0.1) is 29.0 Å². The van der Waals surface area contributed by atoms with Gasteiger partial charge >= 0.3 is 6.18 Å². The Morgan fingerprint density at radius 3 is 2.41 bits per heavy atom. The van der Waals surface area contributed by atoms with Gasteiger partial charge in [-0.1, -0.05) is 36.4 Å². The Balaban J connectivity index is 1.58. The van der Waals surface area contributed by atoms with Crippen LogP contribution >= 0.6 is 12.2 Å². The number of amides is 1. The van der Waals surface area contributed by atoms with E-state index in [1.165, 1.54) is 12.1 Å². The van der Waals surface area contributed by atoms with Crippen molar-refractivity contribution < 1.29 is 18.0 Å². The van der Waals surface area contributed by atoms with E-state index in [0.29, 0.717) is 27.9 Å². The molecule has 0 saturated carbocycles. The van der Waals surface area contributed by atoms with Gasteiger partial charge < -0.3 is 20.1 Å². The molecule has 2 aromatic carbocycles. The molecular weight excluding hydrogens is 523 g/mol. The first-order valence-electron chi connectivity index (χ1n) is 12.3. The summed E-state index contributed by atoms with van der Waals surface area (Å²) in [4.78, 5) is 19.4. The lowest BCUT2D eigenvalue weighted by Gasteiger charge is -2.28. The maximum atomic E-state index is 13.9. The Morgan fingerprint density at radius 1 is 1.03 bits per heavy atom. The monoisotopic (exact) mass is 549 g/mol. The predicted molar refractivity (Wildman–Crippen MR) is 147 cm³/mol. The molecule has 1 amide bonds. The number of rotatable bonds is 6. The number of carbonyl (C=O) groups is 1. The van der Waals surface area contributed by atoms with Crippen molar-refractivity contribution in [2.24, 2.45) is 0 Å². The summed E-state index contributed by atoms with van der Waals surface area (Å²) in [6, 6.07) is 21.1. The zero-order valence-electron chi connectivity index (χ0n) is 21.2. The highest BCUT2D eigenvalue weighted by Crippen LogP contribution is 2.42. The lowest BCUT2D eigenvalue weighted by atomic mass is 9.96. The normalized spacial score (nSPS) is 17.3. The molecule has 1 fully saturated rings. The van der Waals surface area contributed by atoms with Gasteiger partial charge in [0.15, 0.2) is 5.11 Å². The van der Waals surface area contributed by atoms with E-state index in [1.807, 2.05) is 36.4 Å². The van der Waals surface area contributed by atoms with Crippen LogP contribution in [0.25, 0.3) is 5.69 Å². The number of thiocarbonyl (C=S) groups is 1. The SMILES string of the molecule is Cc1cc([C@@H]2[C@@H](c3ccccn3)NC(=S)N2CC(=O)Nc2ccccc2)c(C)n1-c1ccccc1C(F)(F)F. The minimum Gasteiger partial charge on any atom is -0.352 e. The van der Waals surface area contributed by atoms with Crippen LogP contribution in [0.1, 0.15) is 40.3 Å². The second-order valence-corrected chi connectivity index (χ2v) is 9.73. The second kappa shape index (κ2) is 10.5. The average Bonchev–Trinajstić information content (AvgIpc) is 3.39. The number of carbonyl (C=O) groups excluding carboxylic acids is 1. The van der Waals surface area contributed by atoms with Gasteiger partial charge in [-0.15, -0.1) is 0 Å². The fraction of sp³-hybridized carbons (Fsp3) is 0.207. The van der Waals surface area contributed by atoms with Gasteiger partial charge in [-0.25, -0.2) is 0 Å². The molecule has 2 atom stereocenters. The number of hydrogen-bond donors (Lipinski definition) is 2. The van der Waals surface area contributed by atoms with E-state index < -0.39 is 23.8 Å². The Morgan fingerprint density at radius 2 is 1.72 bits per heavy atom. The summed E-state index contributed by atoms with van der Waals surface area (Å²) in [7, 11) is 0. The number of benzene rings is 2. The molecule has 0 radical (unpaired) electrons. The minimum absolute atomic E-state index is 0.0440. The molecule has 5 rings (SSSR count). The van der Waals surface area contributed by atoms with Crippen LogP contribution in [0.3, 0.4) is 0 Å². The molecule has 200 valence electrons. The van der Waals surface area contributed by atoms with Crippen LogP contribution in [-0.2, 0) is 11.0 Å². The lowest BCUT2D eigenvalue weighted by molar-refractivity contribution is -0.137. The van der Waals surface area contributed by atoms with Crippen LogP contribution in [0.2, 0.25) is 0 Å². The molecule has 2 aromatic heterocycles. The number of hydrogen-bond acceptors (Lipinski definition) is 3. The summed E-state index contributed by atoms with van der Waals surface area (Å²) in [6.07, 6.45) is -2.85. The number of halogens is 3. The van der Waals surface area contributed by atoms with Gasteiger partial charge in [-0.3, -0.25) is 9.78 Å². The largest absolute Gasteiger partial charge is 0.418 e. The molecule has 0 spiro atoms. The third-order valence-electron chi connectivity index (χ3n) is 6.81. The van der Waals surface area contributed by atoms with Crippen molar-refractivity contribution in [1.29, 1.82) is 0 Å². The molecule has 2 N–H and O–H groups in total. The summed E-state index contributed by atoms with van der Waals surface area (Å²) in [5.41, 5.74) is 2.68. The zero-order valence-corrected chi connectivity index (χ0v) is 22.1. The number of aromatic nitrogens is 2. The highest BCUT2D eigenvalue weighted by atomic mass is 32.1. The number of pyridine rings is 1. The van der Waals surface area contributed by atoms with Crippen LogP contribution in [0.4, 0.5) is 18.9 Å². The van der Waals surface area contributed by atoms with E-state index in [0.717, 1.165) is 11.6 Å². The first-order chi connectivity index (χ1) is 18.6. The van der Waals surface area contributed by atoms with Gasteiger partial charge in [0.1, 0.15) is 6.54 Å². The van der Waals surface area contributed by atoms with Crippen LogP contribution < -0.4 is 10.6 Å². The molecule has 1 aliphatic rings. The summed E-state index contributed by atoms with van der Waals surface area (Å²) in [6.45, 7) is 3.50. The van der Waals surface area contributed by atoms with E-state index in [4.69, 9.17) is 12.2 Å². The predicted octanol–water partition coefficient (Wildman–Crippen LogP) is 6.12. The zero-order chi connectivity index (χ0) is 27.7. The number of para-hydroxylation sites is 2.